The van der Waals surface area contributed by atoms with Gasteiger partial charge in [0.1, 0.15) is 5.75 Å². The van der Waals surface area contributed by atoms with Crippen molar-refractivity contribution in [3.05, 3.63) is 24.3 Å². The molecular formula is C21H36N3O2+. The summed E-state index contributed by atoms with van der Waals surface area (Å²) < 4.78 is 5.75. The molecule has 0 unspecified atom stereocenters. The second kappa shape index (κ2) is 10.4. The van der Waals surface area contributed by atoms with Crippen molar-refractivity contribution in [2.45, 2.75) is 46.6 Å². The van der Waals surface area contributed by atoms with Crippen molar-refractivity contribution in [1.82, 2.24) is 5.32 Å². The Labute approximate surface area is 158 Å². The van der Waals surface area contributed by atoms with Crippen molar-refractivity contribution in [3.63, 3.8) is 0 Å². The lowest BCUT2D eigenvalue weighted by atomic mass is 10.0. The fourth-order valence-electron chi connectivity index (χ4n) is 3.45. The molecule has 1 heterocycles. The zero-order chi connectivity index (χ0) is 18.9. The van der Waals surface area contributed by atoms with Gasteiger partial charge in [0.2, 0.25) is 0 Å². The van der Waals surface area contributed by atoms with E-state index in [1.807, 2.05) is 19.1 Å². The number of piperazine rings is 1. The van der Waals surface area contributed by atoms with E-state index in [1.165, 1.54) is 10.6 Å². The lowest BCUT2D eigenvalue weighted by molar-refractivity contribution is -0.892. The minimum Gasteiger partial charge on any atom is -0.492 e. The number of carbonyl (C=O) groups is 1. The highest BCUT2D eigenvalue weighted by atomic mass is 16.5. The van der Waals surface area contributed by atoms with E-state index in [4.69, 9.17) is 4.74 Å². The molecule has 1 amide bonds. The molecule has 5 heteroatoms. The molecule has 0 aromatic heterocycles. The Balaban J connectivity index is 1.77. The number of amides is 1. The third-order valence-electron chi connectivity index (χ3n) is 4.97. The standard InChI is InChI=1S/C21H35N3O2/c1-5-26-20-9-7-6-8-19(20)24-14-12-23(13-15-24)16-21(25)22-18(4)11-10-17(2)3/h6-9,17-18H,5,10-16H2,1-4H3,(H,22,25)/p+1/t18-/m0/s1. The quantitative estimate of drug-likeness (QED) is 0.703. The minimum absolute atomic E-state index is 0.180. The molecule has 1 aliphatic heterocycles. The molecule has 26 heavy (non-hydrogen) atoms. The Bertz CT molecular complexity index is 554. The molecule has 1 aromatic rings. The third kappa shape index (κ3) is 6.52. The van der Waals surface area contributed by atoms with E-state index in [0.717, 1.165) is 44.8 Å². The number of anilines is 1. The predicted octanol–water partition coefficient (Wildman–Crippen LogP) is 1.73. The SMILES string of the molecule is CCOc1ccccc1N1CC[NH+](CC(=O)N[C@@H](C)CCC(C)C)CC1. The maximum absolute atomic E-state index is 12.3. The fourth-order valence-corrected chi connectivity index (χ4v) is 3.45. The van der Waals surface area contributed by atoms with E-state index in [2.05, 4.69) is 43.1 Å². The lowest BCUT2D eigenvalue weighted by Crippen LogP contribution is -3.16. The van der Waals surface area contributed by atoms with Crippen LogP contribution in [0.4, 0.5) is 5.69 Å². The Morgan fingerprint density at radius 3 is 2.54 bits per heavy atom. The van der Waals surface area contributed by atoms with Gasteiger partial charge in [0.25, 0.3) is 5.91 Å². The number of carbonyl (C=O) groups excluding carboxylic acids is 1. The molecule has 2 N–H and O–H groups in total. The van der Waals surface area contributed by atoms with Gasteiger partial charge in [0.05, 0.1) is 38.5 Å². The van der Waals surface area contributed by atoms with Gasteiger partial charge in [-0.25, -0.2) is 0 Å². The first-order chi connectivity index (χ1) is 12.5. The smallest absolute Gasteiger partial charge is 0.275 e. The maximum atomic E-state index is 12.3. The van der Waals surface area contributed by atoms with Crippen molar-refractivity contribution >= 4 is 11.6 Å². The topological polar surface area (TPSA) is 46.0 Å². The molecule has 0 radical (unpaired) electrons. The second-order valence-corrected chi connectivity index (χ2v) is 7.75. The molecule has 5 nitrogen and oxygen atoms in total. The van der Waals surface area contributed by atoms with Crippen LogP contribution < -0.4 is 19.9 Å². The van der Waals surface area contributed by atoms with Crippen LogP contribution in [0.5, 0.6) is 5.75 Å². The molecular weight excluding hydrogens is 326 g/mol. The van der Waals surface area contributed by atoms with Crippen molar-refractivity contribution in [2.75, 3.05) is 44.2 Å². The van der Waals surface area contributed by atoms with Gasteiger partial charge < -0.3 is 19.9 Å². The van der Waals surface area contributed by atoms with Crippen LogP contribution in [0.15, 0.2) is 24.3 Å². The van der Waals surface area contributed by atoms with Crippen molar-refractivity contribution in [1.29, 1.82) is 0 Å². The van der Waals surface area contributed by atoms with Gasteiger partial charge in [-0.05, 0) is 44.7 Å². The summed E-state index contributed by atoms with van der Waals surface area (Å²) in [5.41, 5.74) is 1.17. The van der Waals surface area contributed by atoms with Gasteiger partial charge in [-0.3, -0.25) is 4.79 Å². The molecule has 0 spiro atoms. The number of benzene rings is 1. The monoisotopic (exact) mass is 362 g/mol. The summed E-state index contributed by atoms with van der Waals surface area (Å²) >= 11 is 0. The molecule has 1 fully saturated rings. The fraction of sp³-hybridized carbons (Fsp3) is 0.667. The van der Waals surface area contributed by atoms with Crippen LogP contribution in [0.2, 0.25) is 0 Å². The highest BCUT2D eigenvalue weighted by molar-refractivity contribution is 5.77. The van der Waals surface area contributed by atoms with Gasteiger partial charge >= 0.3 is 0 Å². The largest absolute Gasteiger partial charge is 0.492 e. The highest BCUT2D eigenvalue weighted by Crippen LogP contribution is 2.27. The summed E-state index contributed by atoms with van der Waals surface area (Å²) in [6.45, 7) is 13.7. The number of ether oxygens (including phenoxy) is 1. The molecule has 0 aliphatic carbocycles. The molecule has 146 valence electrons. The first-order valence-corrected chi connectivity index (χ1v) is 10.1. The summed E-state index contributed by atoms with van der Waals surface area (Å²) in [5.74, 6) is 1.82. The Morgan fingerprint density at radius 2 is 1.88 bits per heavy atom. The van der Waals surface area contributed by atoms with Crippen molar-refractivity contribution in [3.8, 4) is 5.75 Å². The van der Waals surface area contributed by atoms with E-state index >= 15 is 0 Å². The Kier molecular flexibility index (Phi) is 8.23. The van der Waals surface area contributed by atoms with Gasteiger partial charge in [-0.2, -0.15) is 0 Å². The van der Waals surface area contributed by atoms with Crippen LogP contribution in [-0.4, -0.2) is 51.3 Å². The number of rotatable bonds is 9. The summed E-state index contributed by atoms with van der Waals surface area (Å²) in [7, 11) is 0. The number of hydrogen-bond donors (Lipinski definition) is 2. The molecule has 1 atom stereocenters. The molecule has 2 rings (SSSR count). The van der Waals surface area contributed by atoms with Crippen LogP contribution >= 0.6 is 0 Å². The molecule has 1 saturated heterocycles. The predicted molar refractivity (Wildman–Crippen MR) is 107 cm³/mol. The van der Waals surface area contributed by atoms with Crippen LogP contribution in [-0.2, 0) is 4.79 Å². The number of quaternary nitrogens is 1. The lowest BCUT2D eigenvalue weighted by Gasteiger charge is -2.34. The van der Waals surface area contributed by atoms with E-state index < -0.39 is 0 Å². The second-order valence-electron chi connectivity index (χ2n) is 7.75. The van der Waals surface area contributed by atoms with E-state index in [1.54, 1.807) is 0 Å². The number of hydrogen-bond acceptors (Lipinski definition) is 3. The molecule has 0 saturated carbocycles. The van der Waals surface area contributed by atoms with Crippen LogP contribution in [0.1, 0.15) is 40.5 Å². The first kappa shape index (κ1) is 20.6. The van der Waals surface area contributed by atoms with Crippen molar-refractivity contribution in [2.24, 2.45) is 5.92 Å². The van der Waals surface area contributed by atoms with E-state index in [-0.39, 0.29) is 11.9 Å². The zero-order valence-electron chi connectivity index (χ0n) is 16.9. The van der Waals surface area contributed by atoms with Crippen LogP contribution in [0.3, 0.4) is 0 Å². The molecule has 1 aromatic carbocycles. The summed E-state index contributed by atoms with van der Waals surface area (Å²) in [5, 5.41) is 3.16. The Hall–Kier alpha value is -1.75. The molecule has 1 aliphatic rings. The Morgan fingerprint density at radius 1 is 1.19 bits per heavy atom. The van der Waals surface area contributed by atoms with Gasteiger partial charge in [-0.15, -0.1) is 0 Å². The average Bonchev–Trinajstić information content (AvgIpc) is 2.61. The number of nitrogens with zero attached hydrogens (tertiary/aromatic N) is 1. The van der Waals surface area contributed by atoms with Crippen molar-refractivity contribution < 1.29 is 14.4 Å². The average molecular weight is 363 g/mol. The highest BCUT2D eigenvalue weighted by Gasteiger charge is 2.24. The minimum atomic E-state index is 0.180. The summed E-state index contributed by atoms with van der Waals surface area (Å²) in [4.78, 5) is 16.0. The number of nitrogens with one attached hydrogen (secondary N) is 2. The summed E-state index contributed by atoms with van der Waals surface area (Å²) in [6.07, 6.45) is 2.22. The van der Waals surface area contributed by atoms with E-state index in [0.29, 0.717) is 19.1 Å². The molecule has 0 bridgehead atoms. The summed E-state index contributed by atoms with van der Waals surface area (Å²) in [6, 6.07) is 8.50. The first-order valence-electron chi connectivity index (χ1n) is 10.1. The van der Waals surface area contributed by atoms with E-state index in [9.17, 15) is 4.79 Å². The zero-order valence-corrected chi connectivity index (χ0v) is 16.9. The van der Waals surface area contributed by atoms with Gasteiger partial charge in [0, 0.05) is 6.04 Å². The normalized spacial score (nSPS) is 16.6. The number of para-hydroxylation sites is 2. The third-order valence-corrected chi connectivity index (χ3v) is 4.97. The van der Waals surface area contributed by atoms with Crippen LogP contribution in [0, 0.1) is 5.92 Å². The maximum Gasteiger partial charge on any atom is 0.275 e. The van der Waals surface area contributed by atoms with Crippen LogP contribution in [0.25, 0.3) is 0 Å². The van der Waals surface area contributed by atoms with Gasteiger partial charge in [-0.1, -0.05) is 26.0 Å². The van der Waals surface area contributed by atoms with Gasteiger partial charge in [0.15, 0.2) is 6.54 Å².